The van der Waals surface area contributed by atoms with Gasteiger partial charge in [-0.2, -0.15) is 0 Å². The number of rotatable bonds is 3. The molecule has 4 heteroatoms. The number of carbonyl (C=O) groups excluding carboxylic acids is 1. The number of aryl methyl sites for hydroxylation is 1. The Labute approximate surface area is 123 Å². The van der Waals surface area contributed by atoms with Gasteiger partial charge in [-0.15, -0.1) is 0 Å². The average Bonchev–Trinajstić information content (AvgIpc) is 2.36. The fourth-order valence-corrected chi connectivity index (χ4v) is 3.06. The predicted molar refractivity (Wildman–Crippen MR) is 82.4 cm³/mol. The number of hydrogen-bond donors (Lipinski definition) is 1. The van der Waals surface area contributed by atoms with E-state index >= 15 is 0 Å². The van der Waals surface area contributed by atoms with Gasteiger partial charge in [0.15, 0.2) is 0 Å². The number of amides is 1. The van der Waals surface area contributed by atoms with Crippen molar-refractivity contribution in [1.82, 2.24) is 4.90 Å². The number of carbonyl (C=O) groups is 1. The normalized spacial score (nSPS) is 20.3. The molecule has 1 aromatic rings. The summed E-state index contributed by atoms with van der Waals surface area (Å²) in [5.41, 5.74) is 1.99. The fraction of sp³-hybridized carbons (Fsp3) is 0.533. The summed E-state index contributed by atoms with van der Waals surface area (Å²) in [4.78, 5) is 14.4. The van der Waals surface area contributed by atoms with E-state index in [1.165, 1.54) is 12.8 Å². The van der Waals surface area contributed by atoms with Crippen molar-refractivity contribution >= 4 is 27.5 Å². The van der Waals surface area contributed by atoms with Crippen molar-refractivity contribution in [3.63, 3.8) is 0 Å². The Balaban J connectivity index is 1.93. The number of piperidine rings is 1. The molecule has 1 fully saturated rings. The molecule has 0 aromatic heterocycles. The van der Waals surface area contributed by atoms with Crippen molar-refractivity contribution in [3.05, 3.63) is 28.2 Å². The zero-order chi connectivity index (χ0) is 13.8. The van der Waals surface area contributed by atoms with Gasteiger partial charge in [0.1, 0.15) is 0 Å². The van der Waals surface area contributed by atoms with Gasteiger partial charge < -0.3 is 10.2 Å². The molecule has 1 atom stereocenters. The molecule has 1 unspecified atom stereocenters. The molecule has 1 N–H and O–H groups in total. The van der Waals surface area contributed by atoms with Gasteiger partial charge >= 0.3 is 0 Å². The molecule has 0 saturated carbocycles. The van der Waals surface area contributed by atoms with E-state index in [1.54, 1.807) is 0 Å². The van der Waals surface area contributed by atoms with Gasteiger partial charge in [-0.05, 0) is 57.1 Å². The van der Waals surface area contributed by atoms with E-state index in [2.05, 4.69) is 33.2 Å². The van der Waals surface area contributed by atoms with Crippen molar-refractivity contribution in [2.75, 3.05) is 18.9 Å². The number of nitrogens with zero attached hydrogens (tertiary/aromatic N) is 1. The first-order valence-electron chi connectivity index (χ1n) is 6.82. The third-order valence-corrected chi connectivity index (χ3v) is 4.30. The van der Waals surface area contributed by atoms with Crippen LogP contribution in [-0.2, 0) is 4.79 Å². The van der Waals surface area contributed by atoms with Crippen LogP contribution in [0.25, 0.3) is 0 Å². The van der Waals surface area contributed by atoms with E-state index in [0.29, 0.717) is 12.5 Å². The lowest BCUT2D eigenvalue weighted by atomic mass is 10.00. The molecule has 19 heavy (non-hydrogen) atoms. The van der Waals surface area contributed by atoms with Crippen LogP contribution in [0.15, 0.2) is 22.7 Å². The van der Waals surface area contributed by atoms with Gasteiger partial charge in [-0.25, -0.2) is 0 Å². The van der Waals surface area contributed by atoms with E-state index in [1.807, 2.05) is 25.1 Å². The molecular formula is C15H21BrN2O. The first-order valence-corrected chi connectivity index (χ1v) is 7.62. The van der Waals surface area contributed by atoms with Crippen molar-refractivity contribution < 1.29 is 4.79 Å². The maximum atomic E-state index is 12.1. The molecule has 3 nitrogen and oxygen atoms in total. The minimum Gasteiger partial charge on any atom is -0.326 e. The number of likely N-dealkylation sites (tertiary alicyclic amines) is 1. The topological polar surface area (TPSA) is 32.3 Å². The van der Waals surface area contributed by atoms with Gasteiger partial charge in [-0.3, -0.25) is 4.79 Å². The Morgan fingerprint density at radius 2 is 2.26 bits per heavy atom. The van der Waals surface area contributed by atoms with Crippen LogP contribution in [-0.4, -0.2) is 30.4 Å². The Hall–Kier alpha value is -0.870. The number of hydrogen-bond acceptors (Lipinski definition) is 2. The molecule has 0 spiro atoms. The second-order valence-electron chi connectivity index (χ2n) is 5.34. The SMILES string of the molecule is Cc1cc(Br)ccc1NC(=O)CC1CCCCN1C. The highest BCUT2D eigenvalue weighted by molar-refractivity contribution is 9.10. The van der Waals surface area contributed by atoms with E-state index < -0.39 is 0 Å². The second kappa shape index (κ2) is 6.53. The summed E-state index contributed by atoms with van der Waals surface area (Å²) < 4.78 is 1.04. The predicted octanol–water partition coefficient (Wildman–Crippen LogP) is 3.57. The van der Waals surface area contributed by atoms with Gasteiger partial charge in [-0.1, -0.05) is 22.4 Å². The molecule has 0 bridgehead atoms. The zero-order valence-corrected chi connectivity index (χ0v) is 13.2. The van der Waals surface area contributed by atoms with Crippen molar-refractivity contribution in [3.8, 4) is 0 Å². The molecule has 1 aromatic carbocycles. The number of halogens is 1. The Kier molecular flexibility index (Phi) is 4.99. The maximum absolute atomic E-state index is 12.1. The third kappa shape index (κ3) is 4.05. The van der Waals surface area contributed by atoms with Crippen molar-refractivity contribution in [1.29, 1.82) is 0 Å². The lowest BCUT2D eigenvalue weighted by Gasteiger charge is -2.32. The highest BCUT2D eigenvalue weighted by Gasteiger charge is 2.21. The average molecular weight is 325 g/mol. The summed E-state index contributed by atoms with van der Waals surface area (Å²) in [7, 11) is 2.11. The molecule has 1 amide bonds. The van der Waals surface area contributed by atoms with Gasteiger partial charge in [0.25, 0.3) is 0 Å². The number of anilines is 1. The quantitative estimate of drug-likeness (QED) is 0.921. The Morgan fingerprint density at radius 1 is 1.47 bits per heavy atom. The summed E-state index contributed by atoms with van der Waals surface area (Å²) in [6.45, 7) is 3.11. The lowest BCUT2D eigenvalue weighted by Crippen LogP contribution is -2.38. The highest BCUT2D eigenvalue weighted by Crippen LogP contribution is 2.22. The first-order chi connectivity index (χ1) is 9.06. The smallest absolute Gasteiger partial charge is 0.225 e. The van der Waals surface area contributed by atoms with E-state index in [9.17, 15) is 4.79 Å². The van der Waals surface area contributed by atoms with Crippen LogP contribution in [0.1, 0.15) is 31.2 Å². The van der Waals surface area contributed by atoms with Crippen LogP contribution >= 0.6 is 15.9 Å². The number of nitrogens with one attached hydrogen (secondary N) is 1. The summed E-state index contributed by atoms with van der Waals surface area (Å²) in [6, 6.07) is 6.31. The maximum Gasteiger partial charge on any atom is 0.225 e. The summed E-state index contributed by atoms with van der Waals surface area (Å²) in [6.07, 6.45) is 4.20. The highest BCUT2D eigenvalue weighted by atomic mass is 79.9. The Morgan fingerprint density at radius 3 is 2.95 bits per heavy atom. The van der Waals surface area contributed by atoms with E-state index in [-0.39, 0.29) is 5.91 Å². The van der Waals surface area contributed by atoms with Gasteiger partial charge in [0.05, 0.1) is 0 Å². The summed E-state index contributed by atoms with van der Waals surface area (Å²) >= 11 is 3.43. The third-order valence-electron chi connectivity index (χ3n) is 3.81. The lowest BCUT2D eigenvalue weighted by molar-refractivity contribution is -0.117. The van der Waals surface area contributed by atoms with E-state index in [4.69, 9.17) is 0 Å². The second-order valence-corrected chi connectivity index (χ2v) is 6.26. The minimum absolute atomic E-state index is 0.115. The minimum atomic E-state index is 0.115. The molecular weight excluding hydrogens is 304 g/mol. The van der Waals surface area contributed by atoms with Crippen molar-refractivity contribution in [2.24, 2.45) is 0 Å². The van der Waals surface area contributed by atoms with Crippen LogP contribution in [0.4, 0.5) is 5.69 Å². The van der Waals surface area contributed by atoms with Gasteiger partial charge in [0, 0.05) is 22.6 Å². The molecule has 104 valence electrons. The zero-order valence-electron chi connectivity index (χ0n) is 11.6. The molecule has 2 rings (SSSR count). The van der Waals surface area contributed by atoms with Gasteiger partial charge in [0.2, 0.25) is 5.91 Å². The summed E-state index contributed by atoms with van der Waals surface area (Å²) in [5, 5.41) is 3.02. The Bertz CT molecular complexity index is 461. The van der Waals surface area contributed by atoms with E-state index in [0.717, 1.165) is 28.7 Å². The summed E-state index contributed by atoms with van der Waals surface area (Å²) in [5.74, 6) is 0.115. The molecule has 0 radical (unpaired) electrons. The van der Waals surface area contributed by atoms with Crippen LogP contribution in [0.5, 0.6) is 0 Å². The number of benzene rings is 1. The molecule has 1 heterocycles. The first kappa shape index (κ1) is 14.5. The molecule has 0 aliphatic carbocycles. The van der Waals surface area contributed by atoms with Crippen LogP contribution < -0.4 is 5.32 Å². The van der Waals surface area contributed by atoms with Crippen molar-refractivity contribution in [2.45, 2.75) is 38.6 Å². The monoisotopic (exact) mass is 324 g/mol. The largest absolute Gasteiger partial charge is 0.326 e. The molecule has 1 aliphatic rings. The fourth-order valence-electron chi connectivity index (χ4n) is 2.58. The molecule has 1 saturated heterocycles. The van der Waals surface area contributed by atoms with Crippen LogP contribution in [0.2, 0.25) is 0 Å². The molecule has 1 aliphatic heterocycles. The van der Waals surface area contributed by atoms with Crippen LogP contribution in [0, 0.1) is 6.92 Å². The standard InChI is InChI=1S/C15H21BrN2O/c1-11-9-12(16)6-7-14(11)17-15(19)10-13-5-3-4-8-18(13)2/h6-7,9,13H,3-5,8,10H2,1-2H3,(H,17,19). The van der Waals surface area contributed by atoms with Crippen LogP contribution in [0.3, 0.4) is 0 Å².